The number of pyridine rings is 1. The predicted octanol–water partition coefficient (Wildman–Crippen LogP) is 7.27. The number of rotatable bonds is 8. The number of aryl methyl sites for hydroxylation is 2. The normalized spacial score (nSPS) is 11.5. The second kappa shape index (κ2) is 13.1. The number of benzene rings is 1. The summed E-state index contributed by atoms with van der Waals surface area (Å²) in [4.78, 5) is 36.9. The van der Waals surface area contributed by atoms with Gasteiger partial charge in [0.1, 0.15) is 22.0 Å². The van der Waals surface area contributed by atoms with Crippen LogP contribution in [0.3, 0.4) is 0 Å². The van der Waals surface area contributed by atoms with Crippen LogP contribution in [0.2, 0.25) is 10.3 Å². The minimum Gasteiger partial charge on any atom is -0.444 e. The summed E-state index contributed by atoms with van der Waals surface area (Å²) in [5, 5.41) is 9.15. The van der Waals surface area contributed by atoms with Crippen LogP contribution in [0.25, 0.3) is 0 Å². The monoisotopic (exact) mass is 588 g/mol. The minimum atomic E-state index is -0.639. The summed E-state index contributed by atoms with van der Waals surface area (Å²) in [7, 11) is 0. The van der Waals surface area contributed by atoms with Gasteiger partial charge in [-0.25, -0.2) is 14.6 Å². The Labute approximate surface area is 244 Å². The molecule has 2 aromatic heterocycles. The van der Waals surface area contributed by atoms with Gasteiger partial charge in [0.15, 0.2) is 0 Å². The van der Waals surface area contributed by atoms with E-state index in [2.05, 4.69) is 30.9 Å². The van der Waals surface area contributed by atoms with E-state index in [1.54, 1.807) is 53.9 Å². The molecule has 10 nitrogen and oxygen atoms in total. The van der Waals surface area contributed by atoms with Crippen molar-refractivity contribution < 1.29 is 19.1 Å². The zero-order chi connectivity index (χ0) is 29.5. The Morgan fingerprint density at radius 1 is 0.850 bits per heavy atom. The van der Waals surface area contributed by atoms with E-state index >= 15 is 0 Å². The quantitative estimate of drug-likeness (QED) is 0.234. The number of aromatic nitrogens is 3. The third-order valence-corrected chi connectivity index (χ3v) is 5.56. The fourth-order valence-corrected chi connectivity index (χ4v) is 3.84. The van der Waals surface area contributed by atoms with Gasteiger partial charge in [-0.1, -0.05) is 23.7 Å². The van der Waals surface area contributed by atoms with E-state index in [-0.39, 0.29) is 5.28 Å². The van der Waals surface area contributed by atoms with Gasteiger partial charge in [0.05, 0.1) is 18.1 Å². The maximum absolute atomic E-state index is 12.5. The minimum absolute atomic E-state index is 0.0847. The van der Waals surface area contributed by atoms with Gasteiger partial charge >= 0.3 is 12.2 Å². The van der Waals surface area contributed by atoms with E-state index in [1.807, 2.05) is 24.3 Å². The number of carbonyl (C=O) groups excluding carboxylic acids is 2. The first-order valence-electron chi connectivity index (χ1n) is 12.6. The van der Waals surface area contributed by atoms with Crippen molar-refractivity contribution in [1.82, 2.24) is 15.0 Å². The first-order chi connectivity index (χ1) is 18.7. The molecule has 0 bridgehead atoms. The lowest BCUT2D eigenvalue weighted by Gasteiger charge is -2.21. The van der Waals surface area contributed by atoms with Crippen LogP contribution in [0.1, 0.15) is 58.2 Å². The molecule has 0 unspecified atom stereocenters. The summed E-state index contributed by atoms with van der Waals surface area (Å²) in [6.07, 6.45) is 4.76. The summed E-state index contributed by atoms with van der Waals surface area (Å²) >= 11 is 12.1. The molecule has 0 radical (unpaired) electrons. The molecule has 3 aromatic rings. The highest BCUT2D eigenvalue weighted by Crippen LogP contribution is 2.24. The molecule has 2 heterocycles. The highest BCUT2D eigenvalue weighted by Gasteiger charge is 2.18. The van der Waals surface area contributed by atoms with E-state index < -0.39 is 23.4 Å². The first kappa shape index (κ1) is 30.9. The van der Waals surface area contributed by atoms with Crippen LogP contribution in [0, 0.1) is 0 Å². The molecule has 0 aliphatic rings. The predicted molar refractivity (Wildman–Crippen MR) is 157 cm³/mol. The number of hydrogen-bond donors (Lipinski definition) is 3. The molecule has 2 amide bonds. The average Bonchev–Trinajstić information content (AvgIpc) is 2.82. The van der Waals surface area contributed by atoms with E-state index in [0.717, 1.165) is 16.7 Å². The molecule has 40 heavy (non-hydrogen) atoms. The molecular weight excluding hydrogens is 555 g/mol. The second-order valence-electron chi connectivity index (χ2n) is 11.0. The number of nitrogens with zero attached hydrogens (tertiary/aromatic N) is 3. The van der Waals surface area contributed by atoms with Crippen molar-refractivity contribution in [2.75, 3.05) is 16.0 Å². The standard InChI is InChI=1S/C28H34Cl2N6O4/c1-27(2,3)39-25(37)34-20-12-18(13-31-15-20)7-9-19-11-17(14-32-23-21(29)16-33-24(30)36-23)8-10-22(19)35-26(38)40-28(4,5)6/h8,10-13,15-16H,7,9,14H2,1-6H3,(H,34,37)(H,35,38)(H,32,33,36). The average molecular weight is 590 g/mol. The molecule has 0 aliphatic heterocycles. The molecule has 0 aliphatic carbocycles. The Balaban J connectivity index is 1.77. The first-order valence-corrected chi connectivity index (χ1v) is 13.4. The van der Waals surface area contributed by atoms with Crippen LogP contribution in [-0.4, -0.2) is 38.3 Å². The van der Waals surface area contributed by atoms with Gasteiger partial charge in [-0.15, -0.1) is 0 Å². The molecule has 0 spiro atoms. The highest BCUT2D eigenvalue weighted by molar-refractivity contribution is 6.33. The Morgan fingerprint density at radius 3 is 2.20 bits per heavy atom. The fraction of sp³-hybridized carbons (Fsp3) is 0.393. The van der Waals surface area contributed by atoms with Gasteiger partial charge in [0.25, 0.3) is 0 Å². The summed E-state index contributed by atoms with van der Waals surface area (Å²) in [5.74, 6) is 0.416. The molecular formula is C28H34Cl2N6O4. The topological polar surface area (TPSA) is 127 Å². The van der Waals surface area contributed by atoms with Crippen LogP contribution in [-0.2, 0) is 28.9 Å². The van der Waals surface area contributed by atoms with Crippen LogP contribution in [0.4, 0.5) is 26.8 Å². The summed E-state index contributed by atoms with van der Waals surface area (Å²) in [6.45, 7) is 11.2. The molecule has 0 saturated heterocycles. The van der Waals surface area contributed by atoms with Gasteiger partial charge in [-0.3, -0.25) is 15.6 Å². The molecule has 3 rings (SSSR count). The van der Waals surface area contributed by atoms with Crippen molar-refractivity contribution in [2.45, 2.75) is 72.1 Å². The third-order valence-electron chi connectivity index (χ3n) is 5.10. The molecule has 214 valence electrons. The Bertz CT molecular complexity index is 1360. The van der Waals surface area contributed by atoms with Crippen molar-refractivity contribution in [3.8, 4) is 0 Å². The van der Waals surface area contributed by atoms with E-state index in [1.165, 1.54) is 6.20 Å². The van der Waals surface area contributed by atoms with E-state index in [4.69, 9.17) is 32.7 Å². The molecule has 0 saturated carbocycles. The number of hydrogen-bond acceptors (Lipinski definition) is 8. The summed E-state index contributed by atoms with van der Waals surface area (Å²) in [6, 6.07) is 7.52. The maximum Gasteiger partial charge on any atom is 0.412 e. The molecule has 0 atom stereocenters. The SMILES string of the molecule is CC(C)(C)OC(=O)Nc1cncc(CCc2cc(CNc3nc(Cl)ncc3Cl)ccc2NC(=O)OC(C)(C)C)c1. The van der Waals surface area contributed by atoms with Gasteiger partial charge in [-0.05, 0) is 94.8 Å². The summed E-state index contributed by atoms with van der Waals surface area (Å²) in [5.41, 5.74) is 2.59. The van der Waals surface area contributed by atoms with Gasteiger partial charge < -0.3 is 14.8 Å². The summed E-state index contributed by atoms with van der Waals surface area (Å²) < 4.78 is 10.8. The number of carbonyl (C=O) groups is 2. The van der Waals surface area contributed by atoms with Crippen LogP contribution >= 0.6 is 23.2 Å². The maximum atomic E-state index is 12.5. The lowest BCUT2D eigenvalue weighted by molar-refractivity contribution is 0.0624. The van der Waals surface area contributed by atoms with Crippen molar-refractivity contribution >= 4 is 52.6 Å². The molecule has 3 N–H and O–H groups in total. The van der Waals surface area contributed by atoms with Gasteiger partial charge in [0.2, 0.25) is 5.28 Å². The molecule has 1 aromatic carbocycles. The Morgan fingerprint density at radius 2 is 1.52 bits per heavy atom. The van der Waals surface area contributed by atoms with Gasteiger partial charge in [-0.2, -0.15) is 4.98 Å². The highest BCUT2D eigenvalue weighted by atomic mass is 35.5. The number of nitrogens with one attached hydrogen (secondary N) is 3. The van der Waals surface area contributed by atoms with Crippen LogP contribution in [0.5, 0.6) is 0 Å². The third kappa shape index (κ3) is 10.5. The number of halogens is 2. The smallest absolute Gasteiger partial charge is 0.412 e. The van der Waals surface area contributed by atoms with Crippen molar-refractivity contribution in [3.63, 3.8) is 0 Å². The van der Waals surface area contributed by atoms with Crippen molar-refractivity contribution in [2.24, 2.45) is 0 Å². The zero-order valence-electron chi connectivity index (χ0n) is 23.4. The van der Waals surface area contributed by atoms with Crippen LogP contribution in [0.15, 0.2) is 42.9 Å². The zero-order valence-corrected chi connectivity index (χ0v) is 24.9. The molecule has 12 heteroatoms. The van der Waals surface area contributed by atoms with Crippen molar-refractivity contribution in [1.29, 1.82) is 0 Å². The lowest BCUT2D eigenvalue weighted by Crippen LogP contribution is -2.27. The van der Waals surface area contributed by atoms with Gasteiger partial charge in [0, 0.05) is 18.4 Å². The Hall–Kier alpha value is -3.63. The van der Waals surface area contributed by atoms with E-state index in [9.17, 15) is 9.59 Å². The largest absolute Gasteiger partial charge is 0.444 e. The number of amides is 2. The number of anilines is 3. The Kier molecular flexibility index (Phi) is 10.2. The second-order valence-corrected chi connectivity index (χ2v) is 11.8. The van der Waals surface area contributed by atoms with Crippen LogP contribution < -0.4 is 16.0 Å². The lowest BCUT2D eigenvalue weighted by atomic mass is 10.0. The van der Waals surface area contributed by atoms with Crippen molar-refractivity contribution in [3.05, 3.63) is 69.9 Å². The number of ether oxygens (including phenoxy) is 2. The fourth-order valence-electron chi connectivity index (χ4n) is 3.55. The molecule has 0 fully saturated rings. The van der Waals surface area contributed by atoms with E-state index in [0.29, 0.717) is 41.6 Å².